The molecule has 0 amide bonds. The molecule has 192 valence electrons. The molecule has 6 nitrogen and oxygen atoms in total. The molecule has 0 aliphatic heterocycles. The first-order chi connectivity index (χ1) is 13.9. The topological polar surface area (TPSA) is 63.2 Å². The fourth-order valence-corrected chi connectivity index (χ4v) is 8.02. The third-order valence-corrected chi connectivity index (χ3v) is 8.78. The maximum Gasteiger partial charge on any atom is 0.184 e. The zero-order valence-electron chi connectivity index (χ0n) is 23.5. The van der Waals surface area contributed by atoms with Crippen LogP contribution in [0, 0.1) is 0 Å². The maximum atomic E-state index is 12.3. The van der Waals surface area contributed by atoms with Crippen molar-refractivity contribution >= 4 is 47.9 Å². The van der Waals surface area contributed by atoms with E-state index in [0.717, 1.165) is 6.29 Å². The molecule has 0 bridgehead atoms. The zero-order chi connectivity index (χ0) is 25.8. The van der Waals surface area contributed by atoms with Crippen molar-refractivity contribution in [3.8, 4) is 0 Å². The van der Waals surface area contributed by atoms with E-state index in [0.29, 0.717) is 6.61 Å². The van der Waals surface area contributed by atoms with Crippen molar-refractivity contribution in [2.75, 3.05) is 6.61 Å². The largest absolute Gasteiger partial charge is 0.415 e. The molecule has 0 spiro atoms. The third-order valence-electron chi connectivity index (χ3n) is 3.80. The molecular weight excluding hydrogens is 489 g/mol. The predicted octanol–water partition coefficient (Wildman–Crippen LogP) is 5.92. The molecule has 0 aliphatic carbocycles. The van der Waals surface area contributed by atoms with E-state index in [1.54, 1.807) is 0 Å². The van der Waals surface area contributed by atoms with Crippen molar-refractivity contribution in [2.45, 2.75) is 123 Å². The van der Waals surface area contributed by atoms with Gasteiger partial charge in [-0.05, 0) is 98.2 Å². The van der Waals surface area contributed by atoms with Crippen LogP contribution in [0.4, 0.5) is 0 Å². The summed E-state index contributed by atoms with van der Waals surface area (Å²) in [6.45, 7) is 32.6. The van der Waals surface area contributed by atoms with E-state index < -0.39 is 59.9 Å². The second kappa shape index (κ2) is 12.0. The Balaban J connectivity index is 6.51. The summed E-state index contributed by atoms with van der Waals surface area (Å²) in [7, 11) is -9.81. The Morgan fingerprint density at radius 3 is 1.22 bits per heavy atom. The molecule has 0 aromatic rings. The van der Waals surface area contributed by atoms with E-state index in [1.165, 1.54) is 0 Å². The van der Waals surface area contributed by atoms with E-state index in [1.807, 2.05) is 0 Å². The van der Waals surface area contributed by atoms with Gasteiger partial charge in [-0.25, -0.2) is 0 Å². The first-order valence-electron chi connectivity index (χ1n) is 11.7. The highest BCUT2D eigenvalue weighted by atomic mass is 28.4. The Morgan fingerprint density at radius 1 is 0.531 bits per heavy atom. The molecule has 0 aliphatic rings. The second-order valence-corrected chi connectivity index (χ2v) is 35.8. The second-order valence-electron chi connectivity index (χ2n) is 13.4. The zero-order valence-corrected chi connectivity index (χ0v) is 28.5. The molecule has 0 saturated carbocycles. The molecule has 11 heteroatoms. The summed E-state index contributed by atoms with van der Waals surface area (Å²) in [6.07, 6.45) is -1.11. The van der Waals surface area contributed by atoms with Gasteiger partial charge in [-0.2, -0.15) is 0 Å². The first-order valence-corrected chi connectivity index (χ1v) is 28.8. The van der Waals surface area contributed by atoms with Crippen molar-refractivity contribution in [2.24, 2.45) is 0 Å². The SMILES string of the molecule is C[Si](C)(C)OC[C@@H](O[Si](C)(C)C)[C@H](O[Si](C)(C)C)[C@H](O[Si](C)(C)C)[C@@H](C=O)O[Si](C)(C)C. The highest BCUT2D eigenvalue weighted by Gasteiger charge is 2.45. The van der Waals surface area contributed by atoms with Gasteiger partial charge in [-0.1, -0.05) is 0 Å². The smallest absolute Gasteiger partial charge is 0.184 e. The molecule has 0 saturated heterocycles. The van der Waals surface area contributed by atoms with E-state index >= 15 is 0 Å². The van der Waals surface area contributed by atoms with Crippen LogP contribution in [0.15, 0.2) is 0 Å². The minimum atomic E-state index is -2.04. The Morgan fingerprint density at radius 2 is 0.906 bits per heavy atom. The van der Waals surface area contributed by atoms with E-state index in [4.69, 9.17) is 22.1 Å². The molecule has 0 rings (SSSR count). The minimum absolute atomic E-state index is 0.325. The minimum Gasteiger partial charge on any atom is -0.415 e. The van der Waals surface area contributed by atoms with Crippen LogP contribution in [0.2, 0.25) is 98.2 Å². The number of carbonyl (C=O) groups excluding carboxylic acids is 1. The maximum absolute atomic E-state index is 12.3. The first kappa shape index (κ1) is 32.6. The lowest BCUT2D eigenvalue weighted by Gasteiger charge is -2.44. The predicted molar refractivity (Wildman–Crippen MR) is 148 cm³/mol. The fraction of sp³-hybridized carbons (Fsp3) is 0.952. The molecule has 0 aromatic carbocycles. The van der Waals surface area contributed by atoms with E-state index in [-0.39, 0.29) is 6.10 Å². The van der Waals surface area contributed by atoms with Crippen LogP contribution in [0.5, 0.6) is 0 Å². The van der Waals surface area contributed by atoms with Crippen molar-refractivity contribution in [1.29, 1.82) is 0 Å². The van der Waals surface area contributed by atoms with Crippen molar-refractivity contribution in [3.05, 3.63) is 0 Å². The van der Waals surface area contributed by atoms with Gasteiger partial charge in [0.25, 0.3) is 0 Å². The summed E-state index contributed by atoms with van der Waals surface area (Å²) >= 11 is 0. The lowest BCUT2D eigenvalue weighted by Crippen LogP contribution is -2.59. The Kier molecular flexibility index (Phi) is 12.2. The molecule has 32 heavy (non-hydrogen) atoms. The van der Waals surface area contributed by atoms with Crippen molar-refractivity contribution in [3.63, 3.8) is 0 Å². The number of rotatable bonds is 15. The quantitative estimate of drug-likeness (QED) is 0.190. The van der Waals surface area contributed by atoms with Crippen LogP contribution in [0.1, 0.15) is 0 Å². The summed E-state index contributed by atoms with van der Waals surface area (Å²) in [5, 5.41) is 0. The number of hydrogen-bond donors (Lipinski definition) is 0. The summed E-state index contributed by atoms with van der Waals surface area (Å²) in [4.78, 5) is 12.3. The van der Waals surface area contributed by atoms with Crippen LogP contribution in [-0.4, -0.2) is 78.9 Å². The average molecular weight is 541 g/mol. The van der Waals surface area contributed by atoms with E-state index in [2.05, 4.69) is 98.2 Å². The lowest BCUT2D eigenvalue weighted by molar-refractivity contribution is -0.127. The molecule has 0 radical (unpaired) electrons. The standard InChI is InChI=1S/C21H52O6Si5/c1-28(2,3)23-17-19(25-30(7,8)9)21(27-32(13,14)15)20(26-31(10,11)12)18(16-22)24-29(4,5)6/h16,18-21H,17H2,1-15H3/t18-,19-,20-,21+/m1/s1. The molecule has 0 fully saturated rings. The summed E-state index contributed by atoms with van der Waals surface area (Å²) in [6, 6.07) is 0. The molecule has 0 heterocycles. The summed E-state index contributed by atoms with van der Waals surface area (Å²) in [5.41, 5.74) is 0. The number of aldehydes is 1. The molecule has 0 unspecified atom stereocenters. The monoisotopic (exact) mass is 540 g/mol. The Bertz CT molecular complexity index is 570. The van der Waals surface area contributed by atoms with Gasteiger partial charge in [-0.15, -0.1) is 0 Å². The molecular formula is C21H52O6Si5. The lowest BCUT2D eigenvalue weighted by atomic mass is 10.0. The Labute approximate surface area is 203 Å². The van der Waals surface area contributed by atoms with Gasteiger partial charge in [0.15, 0.2) is 41.6 Å². The fourth-order valence-electron chi connectivity index (χ4n) is 3.05. The van der Waals surface area contributed by atoms with Gasteiger partial charge in [0.1, 0.15) is 18.5 Å². The molecule has 0 N–H and O–H groups in total. The summed E-state index contributed by atoms with van der Waals surface area (Å²) in [5.74, 6) is 0. The third kappa shape index (κ3) is 16.2. The average Bonchev–Trinajstić information content (AvgIpc) is 2.48. The Hall–Kier alpha value is 0.554. The highest BCUT2D eigenvalue weighted by Crippen LogP contribution is 2.28. The van der Waals surface area contributed by atoms with Gasteiger partial charge in [0.2, 0.25) is 0 Å². The van der Waals surface area contributed by atoms with Gasteiger partial charge in [-0.3, -0.25) is 0 Å². The van der Waals surface area contributed by atoms with E-state index in [9.17, 15) is 4.79 Å². The van der Waals surface area contributed by atoms with Crippen LogP contribution in [0.25, 0.3) is 0 Å². The van der Waals surface area contributed by atoms with Gasteiger partial charge < -0.3 is 26.9 Å². The normalized spacial score (nSPS) is 18.2. The van der Waals surface area contributed by atoms with Crippen LogP contribution in [0.3, 0.4) is 0 Å². The van der Waals surface area contributed by atoms with Gasteiger partial charge >= 0.3 is 0 Å². The summed E-state index contributed by atoms with van der Waals surface area (Å²) < 4.78 is 32.8. The molecule has 0 aromatic heterocycles. The van der Waals surface area contributed by atoms with Crippen molar-refractivity contribution < 1.29 is 26.9 Å². The molecule has 4 atom stereocenters. The van der Waals surface area contributed by atoms with Crippen LogP contribution >= 0.6 is 0 Å². The van der Waals surface area contributed by atoms with Gasteiger partial charge in [0, 0.05) is 0 Å². The number of carbonyl (C=O) groups is 1. The highest BCUT2D eigenvalue weighted by molar-refractivity contribution is 6.71. The van der Waals surface area contributed by atoms with Gasteiger partial charge in [0.05, 0.1) is 18.8 Å². The number of hydrogen-bond acceptors (Lipinski definition) is 6. The van der Waals surface area contributed by atoms with Crippen LogP contribution in [-0.2, 0) is 26.9 Å². The van der Waals surface area contributed by atoms with Crippen LogP contribution < -0.4 is 0 Å². The van der Waals surface area contributed by atoms with Crippen molar-refractivity contribution in [1.82, 2.24) is 0 Å².